The van der Waals surface area contributed by atoms with Gasteiger partial charge in [0.1, 0.15) is 11.8 Å². The maximum absolute atomic E-state index is 12.6. The molecule has 3 N–H and O–H groups in total. The summed E-state index contributed by atoms with van der Waals surface area (Å²) in [5, 5.41) is 16.2. The molecule has 0 saturated carbocycles. The number of rotatable bonds is 8. The molecule has 1 aromatic heterocycles. The Morgan fingerprint density at radius 3 is 2.79 bits per heavy atom. The highest BCUT2D eigenvalue weighted by Gasteiger charge is 2.41. The van der Waals surface area contributed by atoms with Gasteiger partial charge in [-0.25, -0.2) is 0 Å². The van der Waals surface area contributed by atoms with Crippen molar-refractivity contribution in [2.24, 2.45) is 0 Å². The molecule has 2 heterocycles. The first kappa shape index (κ1) is 20.3. The average Bonchev–Trinajstić information content (AvgIpc) is 3.15. The van der Waals surface area contributed by atoms with Gasteiger partial charge in [-0.3, -0.25) is 9.59 Å². The molecule has 2 amide bonds. The molecule has 1 aliphatic rings. The lowest BCUT2D eigenvalue weighted by Crippen LogP contribution is -2.55. The maximum Gasteiger partial charge on any atom is 0.255 e. The number of methoxy groups -OCH3 is 1. The standard InChI is InChI=1S/C20H26N2O6/c1-26-13-20(8-4-5-9-28-20)19(25)22-11-14(23)10-21-18(24)16-12-27-17-7-3-2-6-15(16)17/h2-3,6-7,12,14,23H,4-5,8-11,13H2,1H3,(H,21,24)(H,22,25). The van der Waals surface area contributed by atoms with Crippen LogP contribution in [0, 0.1) is 0 Å². The molecule has 0 spiro atoms. The van der Waals surface area contributed by atoms with E-state index < -0.39 is 11.7 Å². The number of hydrogen-bond donors (Lipinski definition) is 3. The molecular weight excluding hydrogens is 364 g/mol. The molecule has 1 aliphatic heterocycles. The topological polar surface area (TPSA) is 110 Å². The highest BCUT2D eigenvalue weighted by atomic mass is 16.5. The zero-order valence-corrected chi connectivity index (χ0v) is 15.9. The molecule has 0 radical (unpaired) electrons. The van der Waals surface area contributed by atoms with Crippen LogP contribution in [0.15, 0.2) is 34.9 Å². The van der Waals surface area contributed by atoms with Crippen molar-refractivity contribution in [1.29, 1.82) is 0 Å². The van der Waals surface area contributed by atoms with Crippen molar-refractivity contribution < 1.29 is 28.6 Å². The predicted molar refractivity (Wildman–Crippen MR) is 102 cm³/mol. The first-order valence-corrected chi connectivity index (χ1v) is 9.39. The van der Waals surface area contributed by atoms with Gasteiger partial charge < -0.3 is 29.6 Å². The molecule has 1 fully saturated rings. The van der Waals surface area contributed by atoms with E-state index in [1.54, 1.807) is 12.1 Å². The lowest BCUT2D eigenvalue weighted by molar-refractivity contribution is -0.163. The summed E-state index contributed by atoms with van der Waals surface area (Å²) >= 11 is 0. The number of ether oxygens (including phenoxy) is 2. The number of carbonyl (C=O) groups is 2. The van der Waals surface area contributed by atoms with E-state index >= 15 is 0 Å². The molecule has 0 bridgehead atoms. The molecule has 2 aromatic rings. The summed E-state index contributed by atoms with van der Waals surface area (Å²) in [6.45, 7) is 0.671. The van der Waals surface area contributed by atoms with Gasteiger partial charge in [-0.1, -0.05) is 18.2 Å². The van der Waals surface area contributed by atoms with E-state index in [0.717, 1.165) is 12.8 Å². The van der Waals surface area contributed by atoms with Crippen LogP contribution in [-0.4, -0.2) is 62.0 Å². The normalized spacial score (nSPS) is 20.6. The molecule has 8 heteroatoms. The van der Waals surface area contributed by atoms with Crippen LogP contribution in [0.5, 0.6) is 0 Å². The molecule has 2 atom stereocenters. The van der Waals surface area contributed by atoms with Crippen molar-refractivity contribution in [1.82, 2.24) is 10.6 Å². The summed E-state index contributed by atoms with van der Waals surface area (Å²) in [5.74, 6) is -0.651. The second kappa shape index (κ2) is 9.18. The van der Waals surface area contributed by atoms with Crippen molar-refractivity contribution in [3.05, 3.63) is 36.1 Å². The van der Waals surface area contributed by atoms with E-state index in [-0.39, 0.29) is 31.5 Å². The number of fused-ring (bicyclic) bond motifs is 1. The van der Waals surface area contributed by atoms with E-state index in [2.05, 4.69) is 10.6 Å². The molecule has 2 unspecified atom stereocenters. The van der Waals surface area contributed by atoms with Crippen LogP contribution in [0.25, 0.3) is 11.0 Å². The Morgan fingerprint density at radius 1 is 1.25 bits per heavy atom. The van der Waals surface area contributed by atoms with Crippen LogP contribution in [-0.2, 0) is 14.3 Å². The third kappa shape index (κ3) is 4.52. The molecule has 28 heavy (non-hydrogen) atoms. The third-order valence-electron chi connectivity index (χ3n) is 4.87. The molecule has 1 aromatic carbocycles. The van der Waals surface area contributed by atoms with Gasteiger partial charge in [0, 0.05) is 32.2 Å². The van der Waals surface area contributed by atoms with Gasteiger partial charge in [0.15, 0.2) is 5.60 Å². The van der Waals surface area contributed by atoms with Gasteiger partial charge in [-0.05, 0) is 25.3 Å². The van der Waals surface area contributed by atoms with Crippen LogP contribution < -0.4 is 10.6 Å². The average molecular weight is 390 g/mol. The highest BCUT2D eigenvalue weighted by Crippen LogP contribution is 2.25. The number of carbonyl (C=O) groups excluding carboxylic acids is 2. The zero-order valence-electron chi connectivity index (χ0n) is 15.9. The van der Waals surface area contributed by atoms with E-state index in [9.17, 15) is 14.7 Å². The summed E-state index contributed by atoms with van der Waals surface area (Å²) in [5.41, 5.74) is 0.0176. The second-order valence-electron chi connectivity index (χ2n) is 6.95. The quantitative estimate of drug-likeness (QED) is 0.625. The monoisotopic (exact) mass is 390 g/mol. The maximum atomic E-state index is 12.6. The van der Waals surface area contributed by atoms with Crippen molar-refractivity contribution in [2.45, 2.75) is 31.0 Å². The largest absolute Gasteiger partial charge is 0.463 e. The van der Waals surface area contributed by atoms with Crippen LogP contribution >= 0.6 is 0 Å². The summed E-state index contributed by atoms with van der Waals surface area (Å²) in [6, 6.07) is 7.22. The van der Waals surface area contributed by atoms with Crippen molar-refractivity contribution in [2.75, 3.05) is 33.4 Å². The SMILES string of the molecule is COCC1(C(=O)NCC(O)CNC(=O)c2coc3ccccc23)CCCCO1. The number of benzene rings is 1. The highest BCUT2D eigenvalue weighted by molar-refractivity contribution is 6.05. The van der Waals surface area contributed by atoms with E-state index in [1.807, 2.05) is 12.1 Å². The number of amides is 2. The Labute approximate surface area is 163 Å². The van der Waals surface area contributed by atoms with Crippen molar-refractivity contribution in [3.63, 3.8) is 0 Å². The summed E-state index contributed by atoms with van der Waals surface area (Å²) in [6.07, 6.45) is 2.83. The van der Waals surface area contributed by atoms with Crippen LogP contribution in [0.2, 0.25) is 0 Å². The van der Waals surface area contributed by atoms with Gasteiger partial charge in [-0.15, -0.1) is 0 Å². The number of hydrogen-bond acceptors (Lipinski definition) is 6. The Kier molecular flexibility index (Phi) is 6.66. The lowest BCUT2D eigenvalue weighted by Gasteiger charge is -2.35. The van der Waals surface area contributed by atoms with E-state index in [4.69, 9.17) is 13.9 Å². The first-order chi connectivity index (χ1) is 13.6. The Morgan fingerprint density at radius 2 is 2.04 bits per heavy atom. The van der Waals surface area contributed by atoms with Gasteiger partial charge in [0.05, 0.1) is 18.3 Å². The van der Waals surface area contributed by atoms with Gasteiger partial charge in [0.25, 0.3) is 11.8 Å². The number of aliphatic hydroxyl groups excluding tert-OH is 1. The third-order valence-corrected chi connectivity index (χ3v) is 4.87. The summed E-state index contributed by atoms with van der Waals surface area (Å²) in [4.78, 5) is 24.9. The summed E-state index contributed by atoms with van der Waals surface area (Å²) in [7, 11) is 1.52. The Bertz CT molecular complexity index is 806. The van der Waals surface area contributed by atoms with Gasteiger partial charge in [0.2, 0.25) is 0 Å². The molecule has 3 rings (SSSR count). The Balaban J connectivity index is 1.49. The Hall–Kier alpha value is -2.42. The van der Waals surface area contributed by atoms with E-state index in [0.29, 0.717) is 29.6 Å². The fourth-order valence-electron chi connectivity index (χ4n) is 3.35. The number of para-hydroxylation sites is 1. The second-order valence-corrected chi connectivity index (χ2v) is 6.95. The fourth-order valence-corrected chi connectivity index (χ4v) is 3.35. The molecule has 152 valence electrons. The molecule has 1 saturated heterocycles. The first-order valence-electron chi connectivity index (χ1n) is 9.39. The minimum absolute atomic E-state index is 0.0000716. The minimum Gasteiger partial charge on any atom is -0.463 e. The molecule has 0 aliphatic carbocycles. The van der Waals surface area contributed by atoms with Gasteiger partial charge >= 0.3 is 0 Å². The van der Waals surface area contributed by atoms with Crippen molar-refractivity contribution in [3.8, 4) is 0 Å². The predicted octanol–water partition coefficient (Wildman–Crippen LogP) is 1.23. The number of aliphatic hydroxyl groups is 1. The summed E-state index contributed by atoms with van der Waals surface area (Å²) < 4.78 is 16.2. The fraction of sp³-hybridized carbons (Fsp3) is 0.500. The smallest absolute Gasteiger partial charge is 0.255 e. The zero-order chi connectivity index (χ0) is 20.0. The van der Waals surface area contributed by atoms with Crippen LogP contribution in [0.4, 0.5) is 0 Å². The lowest BCUT2D eigenvalue weighted by atomic mass is 9.93. The van der Waals surface area contributed by atoms with Crippen LogP contribution in [0.3, 0.4) is 0 Å². The van der Waals surface area contributed by atoms with Crippen molar-refractivity contribution >= 4 is 22.8 Å². The number of nitrogens with one attached hydrogen (secondary N) is 2. The van der Waals surface area contributed by atoms with Crippen LogP contribution in [0.1, 0.15) is 29.6 Å². The number of furan rings is 1. The minimum atomic E-state index is -1.01. The van der Waals surface area contributed by atoms with E-state index in [1.165, 1.54) is 13.4 Å². The molecule has 8 nitrogen and oxygen atoms in total. The molecular formula is C20H26N2O6. The van der Waals surface area contributed by atoms with Gasteiger partial charge in [-0.2, -0.15) is 0 Å².